The molecule has 1 amide bonds. The molecule has 21 heavy (non-hydrogen) atoms. The topological polar surface area (TPSA) is 76.2 Å². The molecule has 1 aliphatic carbocycles. The summed E-state index contributed by atoms with van der Waals surface area (Å²) in [7, 11) is 4.05. The van der Waals surface area contributed by atoms with E-state index < -0.39 is 5.54 Å². The molecule has 0 bridgehead atoms. The van der Waals surface area contributed by atoms with Crippen LogP contribution in [0, 0.1) is 5.92 Å². The molecular formula is C15H27N5O. The van der Waals surface area contributed by atoms with E-state index in [4.69, 9.17) is 5.73 Å². The van der Waals surface area contributed by atoms with Crippen molar-refractivity contribution in [2.75, 3.05) is 26.0 Å². The second-order valence-electron chi connectivity index (χ2n) is 6.56. The van der Waals surface area contributed by atoms with Gasteiger partial charge < -0.3 is 16.0 Å². The fraction of sp³-hybridized carbons (Fsp3) is 0.733. The number of rotatable bonds is 5. The zero-order chi connectivity index (χ0) is 15.5. The van der Waals surface area contributed by atoms with E-state index in [-0.39, 0.29) is 11.8 Å². The number of carbonyl (C=O) groups excluding carboxylic acids is 1. The maximum Gasteiger partial charge on any atom is 0.230 e. The Morgan fingerprint density at radius 3 is 3.00 bits per heavy atom. The molecule has 0 radical (unpaired) electrons. The van der Waals surface area contributed by atoms with E-state index in [1.54, 1.807) is 0 Å². The molecule has 0 aromatic carbocycles. The number of nitrogens with two attached hydrogens (primary N) is 1. The lowest BCUT2D eigenvalue weighted by atomic mass is 9.74. The van der Waals surface area contributed by atoms with Crippen LogP contribution in [0.2, 0.25) is 0 Å². The van der Waals surface area contributed by atoms with Gasteiger partial charge in [0.25, 0.3) is 0 Å². The number of aromatic nitrogens is 2. The number of amides is 1. The summed E-state index contributed by atoms with van der Waals surface area (Å²) in [5, 5.41) is 7.29. The van der Waals surface area contributed by atoms with Gasteiger partial charge in [-0.3, -0.25) is 9.48 Å². The summed E-state index contributed by atoms with van der Waals surface area (Å²) in [4.78, 5) is 14.5. The first-order valence-electron chi connectivity index (χ1n) is 7.66. The average molecular weight is 293 g/mol. The second-order valence-corrected chi connectivity index (χ2v) is 6.56. The first-order valence-corrected chi connectivity index (χ1v) is 7.66. The predicted molar refractivity (Wildman–Crippen MR) is 84.0 cm³/mol. The molecule has 1 aromatic rings. The summed E-state index contributed by atoms with van der Waals surface area (Å²) >= 11 is 0. The molecule has 0 saturated heterocycles. The summed E-state index contributed by atoms with van der Waals surface area (Å²) in [5.41, 5.74) is 5.86. The molecule has 2 unspecified atom stereocenters. The lowest BCUT2D eigenvalue weighted by Gasteiger charge is -2.37. The Morgan fingerprint density at radius 2 is 2.33 bits per heavy atom. The zero-order valence-electron chi connectivity index (χ0n) is 13.3. The van der Waals surface area contributed by atoms with Crippen molar-refractivity contribution in [3.05, 3.63) is 12.3 Å². The van der Waals surface area contributed by atoms with Gasteiger partial charge in [-0.25, -0.2) is 0 Å². The molecule has 1 saturated carbocycles. The van der Waals surface area contributed by atoms with Crippen LogP contribution in [0.4, 0.5) is 5.82 Å². The quantitative estimate of drug-likeness (QED) is 0.858. The van der Waals surface area contributed by atoms with Crippen LogP contribution in [0.3, 0.4) is 0 Å². The summed E-state index contributed by atoms with van der Waals surface area (Å²) in [6, 6.07) is 1.84. The highest BCUT2D eigenvalue weighted by molar-refractivity contribution is 5.92. The van der Waals surface area contributed by atoms with Crippen molar-refractivity contribution in [1.29, 1.82) is 0 Å². The van der Waals surface area contributed by atoms with E-state index >= 15 is 0 Å². The molecule has 1 aliphatic rings. The smallest absolute Gasteiger partial charge is 0.230 e. The minimum Gasteiger partial charge on any atom is -0.325 e. The summed E-state index contributed by atoms with van der Waals surface area (Å²) in [6.07, 6.45) is 5.84. The third-order valence-corrected chi connectivity index (χ3v) is 4.24. The van der Waals surface area contributed by atoms with E-state index in [1.807, 2.05) is 38.0 Å². The van der Waals surface area contributed by atoms with Gasteiger partial charge in [-0.15, -0.1) is 0 Å². The van der Waals surface area contributed by atoms with Gasteiger partial charge in [-0.1, -0.05) is 12.8 Å². The molecule has 6 heteroatoms. The third kappa shape index (κ3) is 4.28. The summed E-state index contributed by atoms with van der Waals surface area (Å²) in [6.45, 7) is 3.70. The van der Waals surface area contributed by atoms with Crippen molar-refractivity contribution in [3.8, 4) is 0 Å². The van der Waals surface area contributed by atoms with Crippen LogP contribution in [0.5, 0.6) is 0 Å². The number of hydrogen-bond donors (Lipinski definition) is 2. The van der Waals surface area contributed by atoms with Gasteiger partial charge in [-0.2, -0.15) is 5.10 Å². The molecule has 1 fully saturated rings. The average Bonchev–Trinajstić information content (AvgIpc) is 2.83. The molecule has 118 valence electrons. The van der Waals surface area contributed by atoms with Crippen LogP contribution >= 0.6 is 0 Å². The van der Waals surface area contributed by atoms with Gasteiger partial charge in [0, 0.05) is 24.3 Å². The van der Waals surface area contributed by atoms with Gasteiger partial charge in [0.2, 0.25) is 5.91 Å². The molecule has 1 aromatic heterocycles. The first kappa shape index (κ1) is 16.0. The number of carbonyl (C=O) groups is 1. The van der Waals surface area contributed by atoms with E-state index in [2.05, 4.69) is 15.3 Å². The van der Waals surface area contributed by atoms with Crippen molar-refractivity contribution in [1.82, 2.24) is 14.7 Å². The molecule has 0 spiro atoms. The number of hydrogen-bond acceptors (Lipinski definition) is 4. The Bertz CT molecular complexity index is 480. The van der Waals surface area contributed by atoms with Gasteiger partial charge in [-0.05, 0) is 33.9 Å². The predicted octanol–water partition coefficient (Wildman–Crippen LogP) is 1.29. The minimum atomic E-state index is -0.407. The normalized spacial score (nSPS) is 26.0. The highest BCUT2D eigenvalue weighted by atomic mass is 16.2. The van der Waals surface area contributed by atoms with Gasteiger partial charge in [0.15, 0.2) is 5.82 Å². The van der Waals surface area contributed by atoms with Crippen molar-refractivity contribution < 1.29 is 4.79 Å². The Kier molecular flexibility index (Phi) is 5.00. The molecule has 1 heterocycles. The number of nitrogens with one attached hydrogen (secondary N) is 1. The standard InChI is InChI=1S/C15H27N5O/c1-15(16)8-5-4-6-12(15)14(21)17-13-7-9-20(18-13)11-10-19(2)3/h7,9,12H,4-6,8,10-11,16H2,1-3H3,(H,17,18,21). The lowest BCUT2D eigenvalue weighted by Crippen LogP contribution is -2.51. The van der Waals surface area contributed by atoms with E-state index in [0.29, 0.717) is 5.82 Å². The Labute approximate surface area is 126 Å². The number of anilines is 1. The van der Waals surface area contributed by atoms with Crippen molar-refractivity contribution in [2.24, 2.45) is 11.7 Å². The van der Waals surface area contributed by atoms with Crippen LogP contribution in [0.25, 0.3) is 0 Å². The van der Waals surface area contributed by atoms with Crippen molar-refractivity contribution >= 4 is 11.7 Å². The van der Waals surface area contributed by atoms with Crippen LogP contribution < -0.4 is 11.1 Å². The summed E-state index contributed by atoms with van der Waals surface area (Å²) in [5.74, 6) is 0.482. The number of nitrogens with zero attached hydrogens (tertiary/aromatic N) is 3. The zero-order valence-corrected chi connectivity index (χ0v) is 13.3. The largest absolute Gasteiger partial charge is 0.325 e. The maximum absolute atomic E-state index is 12.4. The van der Waals surface area contributed by atoms with Crippen molar-refractivity contribution in [3.63, 3.8) is 0 Å². The lowest BCUT2D eigenvalue weighted by molar-refractivity contribution is -0.122. The maximum atomic E-state index is 12.4. The van der Waals surface area contributed by atoms with E-state index in [0.717, 1.165) is 38.8 Å². The molecule has 3 N–H and O–H groups in total. The van der Waals surface area contributed by atoms with Crippen molar-refractivity contribution in [2.45, 2.75) is 44.7 Å². The molecule has 2 atom stereocenters. The Morgan fingerprint density at radius 1 is 1.57 bits per heavy atom. The van der Waals surface area contributed by atoms with Gasteiger partial charge in [0.1, 0.15) is 0 Å². The second kappa shape index (κ2) is 6.58. The fourth-order valence-electron chi connectivity index (χ4n) is 2.86. The number of likely N-dealkylation sites (N-methyl/N-ethyl adjacent to an activating group) is 1. The third-order valence-electron chi connectivity index (χ3n) is 4.24. The minimum absolute atomic E-state index is 0.00226. The SMILES string of the molecule is CN(C)CCn1ccc(NC(=O)C2CCCCC2(C)N)n1. The van der Waals surface area contributed by atoms with Crippen LogP contribution in [0.15, 0.2) is 12.3 Å². The summed E-state index contributed by atoms with van der Waals surface area (Å²) < 4.78 is 1.85. The molecule has 2 rings (SSSR count). The van der Waals surface area contributed by atoms with Gasteiger partial charge >= 0.3 is 0 Å². The molecule has 6 nitrogen and oxygen atoms in total. The van der Waals surface area contributed by atoms with Crippen LogP contribution in [0.1, 0.15) is 32.6 Å². The Balaban J connectivity index is 1.93. The van der Waals surface area contributed by atoms with E-state index in [9.17, 15) is 4.79 Å². The van der Waals surface area contributed by atoms with Crippen LogP contribution in [-0.4, -0.2) is 46.8 Å². The highest BCUT2D eigenvalue weighted by Gasteiger charge is 2.37. The first-order chi connectivity index (χ1) is 9.88. The highest BCUT2D eigenvalue weighted by Crippen LogP contribution is 2.32. The van der Waals surface area contributed by atoms with E-state index in [1.165, 1.54) is 0 Å². The van der Waals surface area contributed by atoms with Crippen LogP contribution in [-0.2, 0) is 11.3 Å². The monoisotopic (exact) mass is 293 g/mol. The van der Waals surface area contributed by atoms with Gasteiger partial charge in [0.05, 0.1) is 12.5 Å². The molecular weight excluding hydrogens is 266 g/mol. The Hall–Kier alpha value is -1.40. The fourth-order valence-corrected chi connectivity index (χ4v) is 2.86. The molecule has 0 aliphatic heterocycles.